The van der Waals surface area contributed by atoms with Gasteiger partial charge in [-0.2, -0.15) is 13.2 Å². The second-order valence-electron chi connectivity index (χ2n) is 4.91. The Balaban J connectivity index is 1.91. The van der Waals surface area contributed by atoms with E-state index < -0.39 is 48.3 Å². The van der Waals surface area contributed by atoms with Gasteiger partial charge < -0.3 is 4.90 Å². The van der Waals surface area contributed by atoms with Gasteiger partial charge in [0.15, 0.2) is 17.5 Å². The van der Waals surface area contributed by atoms with Crippen LogP contribution in [0.25, 0.3) is 0 Å². The van der Waals surface area contributed by atoms with E-state index in [1.165, 1.54) is 4.90 Å². The number of carbonyl (C=O) groups excluding carboxylic acids is 1. The lowest BCUT2D eigenvalue weighted by atomic mass is 9.91. The predicted octanol–water partition coefficient (Wildman–Crippen LogP) is 3.37. The van der Waals surface area contributed by atoms with Crippen molar-refractivity contribution in [2.24, 2.45) is 0 Å². The quantitative estimate of drug-likeness (QED) is 0.619. The van der Waals surface area contributed by atoms with Crippen molar-refractivity contribution in [3.63, 3.8) is 0 Å². The second-order valence-corrected chi connectivity index (χ2v) is 4.91. The summed E-state index contributed by atoms with van der Waals surface area (Å²) in [7, 11) is 0. The van der Waals surface area contributed by atoms with Crippen LogP contribution in [0.5, 0.6) is 0 Å². The molecule has 0 atom stereocenters. The van der Waals surface area contributed by atoms with Crippen molar-refractivity contribution in [3.05, 3.63) is 35.1 Å². The fourth-order valence-electron chi connectivity index (χ4n) is 2.11. The third-order valence-electron chi connectivity index (χ3n) is 3.33. The molecule has 1 aliphatic rings. The van der Waals surface area contributed by atoms with Crippen LogP contribution in [-0.2, 0) is 4.79 Å². The Labute approximate surface area is 116 Å². The zero-order valence-corrected chi connectivity index (χ0v) is 10.7. The molecule has 0 bridgehead atoms. The minimum Gasteiger partial charge on any atom is -0.341 e. The van der Waals surface area contributed by atoms with Crippen molar-refractivity contribution >= 4 is 5.91 Å². The van der Waals surface area contributed by atoms with E-state index in [2.05, 4.69) is 0 Å². The summed E-state index contributed by atoms with van der Waals surface area (Å²) < 4.78 is 74.8. The molecule has 2 rings (SSSR count). The first-order chi connectivity index (χ1) is 9.67. The predicted molar refractivity (Wildman–Crippen MR) is 60.9 cm³/mol. The lowest BCUT2D eigenvalue weighted by Crippen LogP contribution is -2.48. The molecule has 0 spiro atoms. The SMILES string of the molecule is O=C(CCC(F)(F)F)N1CC(c2cc(F)c(F)c(F)c2)C1. The lowest BCUT2D eigenvalue weighted by Gasteiger charge is -2.39. The Kier molecular flexibility index (Phi) is 4.15. The Morgan fingerprint density at radius 3 is 2.14 bits per heavy atom. The number of hydrogen-bond acceptors (Lipinski definition) is 1. The van der Waals surface area contributed by atoms with Crippen molar-refractivity contribution in [2.45, 2.75) is 24.9 Å². The van der Waals surface area contributed by atoms with Crippen LogP contribution in [-0.4, -0.2) is 30.1 Å². The Morgan fingerprint density at radius 2 is 1.67 bits per heavy atom. The topological polar surface area (TPSA) is 20.3 Å². The number of amides is 1. The van der Waals surface area contributed by atoms with Crippen molar-refractivity contribution < 1.29 is 31.1 Å². The van der Waals surface area contributed by atoms with Gasteiger partial charge in [0.25, 0.3) is 0 Å². The van der Waals surface area contributed by atoms with Gasteiger partial charge >= 0.3 is 6.18 Å². The molecule has 1 aromatic rings. The summed E-state index contributed by atoms with van der Waals surface area (Å²) in [6.45, 7) is 0.141. The number of hydrogen-bond donors (Lipinski definition) is 0. The molecular formula is C13H11F6NO. The molecule has 1 aliphatic heterocycles. The van der Waals surface area contributed by atoms with Crippen LogP contribution in [0.15, 0.2) is 12.1 Å². The number of alkyl halides is 3. The van der Waals surface area contributed by atoms with Crippen molar-refractivity contribution in [1.82, 2.24) is 4.90 Å². The number of nitrogens with zero attached hydrogens (tertiary/aromatic N) is 1. The summed E-state index contributed by atoms with van der Waals surface area (Å²) in [6.07, 6.45) is -6.25. The van der Waals surface area contributed by atoms with Gasteiger partial charge in [-0.05, 0) is 17.7 Å². The molecule has 116 valence electrons. The molecule has 2 nitrogen and oxygen atoms in total. The van der Waals surface area contributed by atoms with E-state index in [9.17, 15) is 31.1 Å². The smallest absolute Gasteiger partial charge is 0.341 e. The Bertz CT molecular complexity index is 527. The van der Waals surface area contributed by atoms with E-state index in [0.29, 0.717) is 0 Å². The lowest BCUT2D eigenvalue weighted by molar-refractivity contribution is -0.151. The van der Waals surface area contributed by atoms with Crippen LogP contribution in [0, 0.1) is 17.5 Å². The third kappa shape index (κ3) is 3.68. The number of rotatable bonds is 3. The van der Waals surface area contributed by atoms with E-state index in [1.807, 2.05) is 0 Å². The summed E-state index contributed by atoms with van der Waals surface area (Å²) in [5.74, 6) is -5.29. The summed E-state index contributed by atoms with van der Waals surface area (Å²) in [4.78, 5) is 12.6. The first kappa shape index (κ1) is 15.7. The fraction of sp³-hybridized carbons (Fsp3) is 0.462. The van der Waals surface area contributed by atoms with Crippen LogP contribution < -0.4 is 0 Å². The maximum atomic E-state index is 13.0. The third-order valence-corrected chi connectivity index (χ3v) is 3.33. The number of likely N-dealkylation sites (tertiary alicyclic amines) is 1. The van der Waals surface area contributed by atoms with Crippen molar-refractivity contribution in [1.29, 1.82) is 0 Å². The van der Waals surface area contributed by atoms with Crippen LogP contribution in [0.4, 0.5) is 26.3 Å². The second kappa shape index (κ2) is 5.57. The van der Waals surface area contributed by atoms with E-state index in [1.54, 1.807) is 0 Å². The highest BCUT2D eigenvalue weighted by Crippen LogP contribution is 2.30. The van der Waals surface area contributed by atoms with Gasteiger partial charge in [-0.25, -0.2) is 13.2 Å². The van der Waals surface area contributed by atoms with Crippen LogP contribution >= 0.6 is 0 Å². The van der Waals surface area contributed by atoms with Gasteiger partial charge in [0.05, 0.1) is 6.42 Å². The molecule has 0 radical (unpaired) electrons. The van der Waals surface area contributed by atoms with Gasteiger partial charge in [0.2, 0.25) is 5.91 Å². The molecule has 1 heterocycles. The van der Waals surface area contributed by atoms with Gasteiger partial charge in [-0.15, -0.1) is 0 Å². The summed E-state index contributed by atoms with van der Waals surface area (Å²) in [5.41, 5.74) is 0.186. The van der Waals surface area contributed by atoms with E-state index in [-0.39, 0.29) is 18.7 Å². The van der Waals surface area contributed by atoms with Crippen LogP contribution in [0.1, 0.15) is 24.3 Å². The van der Waals surface area contributed by atoms with Gasteiger partial charge in [-0.3, -0.25) is 4.79 Å². The molecule has 0 saturated carbocycles. The maximum Gasteiger partial charge on any atom is 0.389 e. The highest BCUT2D eigenvalue weighted by Gasteiger charge is 2.35. The minimum absolute atomic E-state index is 0.0706. The molecule has 0 aromatic heterocycles. The van der Waals surface area contributed by atoms with E-state index in [4.69, 9.17) is 0 Å². The van der Waals surface area contributed by atoms with E-state index in [0.717, 1.165) is 12.1 Å². The average molecular weight is 311 g/mol. The first-order valence-corrected chi connectivity index (χ1v) is 6.16. The average Bonchev–Trinajstić information content (AvgIpc) is 2.30. The van der Waals surface area contributed by atoms with Gasteiger partial charge in [-0.1, -0.05) is 0 Å². The van der Waals surface area contributed by atoms with Gasteiger partial charge in [0, 0.05) is 25.4 Å². The molecular weight excluding hydrogens is 300 g/mol. The minimum atomic E-state index is -4.40. The molecule has 1 fully saturated rings. The summed E-state index contributed by atoms with van der Waals surface area (Å²) in [5, 5.41) is 0. The monoisotopic (exact) mass is 311 g/mol. The molecule has 0 N–H and O–H groups in total. The number of carbonyl (C=O) groups is 1. The highest BCUT2D eigenvalue weighted by atomic mass is 19.4. The van der Waals surface area contributed by atoms with Crippen LogP contribution in [0.3, 0.4) is 0 Å². The number of halogens is 6. The Hall–Kier alpha value is -1.73. The highest BCUT2D eigenvalue weighted by molar-refractivity contribution is 5.77. The van der Waals surface area contributed by atoms with Gasteiger partial charge in [0.1, 0.15) is 0 Å². The standard InChI is InChI=1S/C13H11F6NO/c14-9-3-7(4-10(15)12(9)16)8-5-20(6-8)11(21)1-2-13(17,18)19/h3-4,8H,1-2,5-6H2. The zero-order valence-electron chi connectivity index (χ0n) is 10.7. The first-order valence-electron chi connectivity index (χ1n) is 6.16. The normalized spacial score (nSPS) is 16.0. The number of benzene rings is 1. The summed E-state index contributed by atoms with van der Waals surface area (Å²) >= 11 is 0. The van der Waals surface area contributed by atoms with Crippen molar-refractivity contribution in [2.75, 3.05) is 13.1 Å². The van der Waals surface area contributed by atoms with E-state index >= 15 is 0 Å². The van der Waals surface area contributed by atoms with Crippen molar-refractivity contribution in [3.8, 4) is 0 Å². The molecule has 1 amide bonds. The Morgan fingerprint density at radius 1 is 1.14 bits per heavy atom. The summed E-state index contributed by atoms with van der Waals surface area (Å²) in [6, 6.07) is 1.67. The maximum absolute atomic E-state index is 13.0. The molecule has 1 saturated heterocycles. The zero-order chi connectivity index (χ0) is 15.8. The molecule has 0 unspecified atom stereocenters. The molecule has 0 aliphatic carbocycles. The fourth-order valence-corrected chi connectivity index (χ4v) is 2.11. The van der Waals surface area contributed by atoms with Crippen LogP contribution in [0.2, 0.25) is 0 Å². The molecule has 21 heavy (non-hydrogen) atoms. The molecule has 1 aromatic carbocycles. The largest absolute Gasteiger partial charge is 0.389 e. The molecule has 8 heteroatoms.